The van der Waals surface area contributed by atoms with E-state index in [2.05, 4.69) is 12.2 Å². The molecule has 0 aliphatic carbocycles. The van der Waals surface area contributed by atoms with Crippen LogP contribution in [0.3, 0.4) is 0 Å². The average Bonchev–Trinajstić information content (AvgIpc) is 2.46. The van der Waals surface area contributed by atoms with Crippen molar-refractivity contribution in [3.8, 4) is 0 Å². The van der Waals surface area contributed by atoms with E-state index < -0.39 is 5.97 Å². The molecule has 2 N–H and O–H groups in total. The summed E-state index contributed by atoms with van der Waals surface area (Å²) in [7, 11) is 1.58. The summed E-state index contributed by atoms with van der Waals surface area (Å²) in [6.45, 7) is 4.10. The zero-order valence-electron chi connectivity index (χ0n) is 12.9. The number of nitrogens with zero attached hydrogens (tertiary/aromatic N) is 1. The number of aromatic carboxylic acids is 1. The number of unbranched alkanes of at least 4 members (excludes halogenated alkanes) is 2. The van der Waals surface area contributed by atoms with Gasteiger partial charge in [-0.3, -0.25) is 4.90 Å². The second-order valence-electron chi connectivity index (χ2n) is 5.23. The van der Waals surface area contributed by atoms with Gasteiger partial charge in [-0.25, -0.2) is 9.59 Å². The van der Waals surface area contributed by atoms with Crippen LogP contribution in [0.5, 0.6) is 0 Å². The van der Waals surface area contributed by atoms with Crippen LogP contribution in [-0.4, -0.2) is 30.2 Å². The molecule has 0 aliphatic rings. The van der Waals surface area contributed by atoms with Crippen molar-refractivity contribution in [1.82, 2.24) is 5.32 Å². The Morgan fingerprint density at radius 2 is 1.95 bits per heavy atom. The van der Waals surface area contributed by atoms with E-state index in [0.717, 1.165) is 25.7 Å². The van der Waals surface area contributed by atoms with Crippen LogP contribution in [0.4, 0.5) is 10.5 Å². The van der Waals surface area contributed by atoms with Crippen molar-refractivity contribution in [1.29, 1.82) is 0 Å². The van der Waals surface area contributed by atoms with Gasteiger partial charge in [0.05, 0.1) is 11.3 Å². The molecule has 0 aromatic heterocycles. The van der Waals surface area contributed by atoms with Gasteiger partial charge in [0.2, 0.25) is 0 Å². The predicted molar refractivity (Wildman–Crippen MR) is 83.9 cm³/mol. The summed E-state index contributed by atoms with van der Waals surface area (Å²) in [4.78, 5) is 24.7. The summed E-state index contributed by atoms with van der Waals surface area (Å²) < 4.78 is 0. The van der Waals surface area contributed by atoms with Gasteiger partial charge in [-0.2, -0.15) is 0 Å². The highest BCUT2D eigenvalue weighted by Gasteiger charge is 2.18. The van der Waals surface area contributed by atoms with E-state index >= 15 is 0 Å². The summed E-state index contributed by atoms with van der Waals surface area (Å²) in [5.41, 5.74) is 0.511. The standard InChI is InChI=1S/C16H24N2O3/c1-4-5-6-9-12(2)17-16(21)18(3)14-11-8-7-10-13(14)15(19)20/h7-8,10-12H,4-6,9H2,1-3H3,(H,17,21)(H,19,20). The second kappa shape index (κ2) is 8.29. The van der Waals surface area contributed by atoms with E-state index in [-0.39, 0.29) is 17.6 Å². The maximum atomic E-state index is 12.2. The molecule has 0 heterocycles. The van der Waals surface area contributed by atoms with E-state index in [9.17, 15) is 9.59 Å². The molecule has 1 atom stereocenters. The average molecular weight is 292 g/mol. The molecule has 0 fully saturated rings. The minimum Gasteiger partial charge on any atom is -0.478 e. The molecular formula is C16H24N2O3. The van der Waals surface area contributed by atoms with Crippen molar-refractivity contribution in [2.45, 2.75) is 45.6 Å². The van der Waals surface area contributed by atoms with Gasteiger partial charge in [0.25, 0.3) is 0 Å². The number of para-hydroxylation sites is 1. The smallest absolute Gasteiger partial charge is 0.337 e. The number of nitrogens with one attached hydrogen (secondary N) is 1. The molecular weight excluding hydrogens is 268 g/mol. The number of hydrogen-bond donors (Lipinski definition) is 2. The van der Waals surface area contributed by atoms with Crippen molar-refractivity contribution >= 4 is 17.7 Å². The number of benzene rings is 1. The quantitative estimate of drug-likeness (QED) is 0.756. The van der Waals surface area contributed by atoms with Gasteiger partial charge in [-0.1, -0.05) is 38.3 Å². The maximum absolute atomic E-state index is 12.2. The lowest BCUT2D eigenvalue weighted by atomic mass is 10.1. The Morgan fingerprint density at radius 1 is 1.29 bits per heavy atom. The van der Waals surface area contributed by atoms with Crippen molar-refractivity contribution in [3.05, 3.63) is 29.8 Å². The molecule has 1 rings (SSSR count). The molecule has 5 heteroatoms. The number of anilines is 1. The topological polar surface area (TPSA) is 69.6 Å². The molecule has 0 radical (unpaired) electrons. The fourth-order valence-corrected chi connectivity index (χ4v) is 2.14. The van der Waals surface area contributed by atoms with E-state index in [0.29, 0.717) is 5.69 Å². The molecule has 0 spiro atoms. The van der Waals surface area contributed by atoms with Gasteiger partial charge in [0.15, 0.2) is 0 Å². The Labute approximate surface area is 126 Å². The summed E-state index contributed by atoms with van der Waals surface area (Å²) in [5, 5.41) is 12.1. The van der Waals surface area contributed by atoms with Gasteiger partial charge in [-0.05, 0) is 25.5 Å². The number of amides is 2. The van der Waals surface area contributed by atoms with Gasteiger partial charge in [0, 0.05) is 13.1 Å². The van der Waals surface area contributed by atoms with Gasteiger partial charge in [-0.15, -0.1) is 0 Å². The minimum atomic E-state index is -1.04. The number of carboxylic acid groups (broad SMARTS) is 1. The summed E-state index contributed by atoms with van der Waals surface area (Å²) in [6.07, 6.45) is 4.30. The van der Waals surface area contributed by atoms with Crippen LogP contribution in [-0.2, 0) is 0 Å². The fraction of sp³-hybridized carbons (Fsp3) is 0.500. The Balaban J connectivity index is 2.68. The number of carboxylic acids is 1. The molecule has 1 aromatic rings. The van der Waals surface area contributed by atoms with E-state index in [1.165, 1.54) is 11.0 Å². The SMILES string of the molecule is CCCCCC(C)NC(=O)N(C)c1ccccc1C(=O)O. The zero-order valence-corrected chi connectivity index (χ0v) is 12.9. The van der Waals surface area contributed by atoms with Gasteiger partial charge >= 0.3 is 12.0 Å². The summed E-state index contributed by atoms with van der Waals surface area (Å²) in [6, 6.07) is 6.27. The number of carbonyl (C=O) groups excluding carboxylic acids is 1. The second-order valence-corrected chi connectivity index (χ2v) is 5.23. The van der Waals surface area contributed by atoms with E-state index in [4.69, 9.17) is 5.11 Å². The first kappa shape index (κ1) is 17.0. The highest BCUT2D eigenvalue weighted by atomic mass is 16.4. The predicted octanol–water partition coefficient (Wildman–Crippen LogP) is 3.50. The Kier molecular flexibility index (Phi) is 6.72. The van der Waals surface area contributed by atoms with E-state index in [1.54, 1.807) is 25.2 Å². The van der Waals surface area contributed by atoms with Crippen molar-refractivity contribution in [3.63, 3.8) is 0 Å². The van der Waals surface area contributed by atoms with Crippen LogP contribution in [0, 0.1) is 0 Å². The molecule has 116 valence electrons. The Bertz CT molecular complexity index is 488. The third-order valence-electron chi connectivity index (χ3n) is 3.41. The lowest BCUT2D eigenvalue weighted by Crippen LogP contribution is -2.42. The van der Waals surface area contributed by atoms with Crippen molar-refractivity contribution in [2.75, 3.05) is 11.9 Å². The maximum Gasteiger partial charge on any atom is 0.337 e. The number of hydrogen-bond acceptors (Lipinski definition) is 2. The molecule has 2 amide bonds. The monoisotopic (exact) mass is 292 g/mol. The fourth-order valence-electron chi connectivity index (χ4n) is 2.14. The van der Waals surface area contributed by atoms with Crippen LogP contribution in [0.1, 0.15) is 49.9 Å². The van der Waals surface area contributed by atoms with Gasteiger partial charge < -0.3 is 10.4 Å². The number of carbonyl (C=O) groups is 2. The first-order valence-electron chi connectivity index (χ1n) is 7.34. The molecule has 1 unspecified atom stereocenters. The highest BCUT2D eigenvalue weighted by Crippen LogP contribution is 2.19. The van der Waals surface area contributed by atoms with Crippen molar-refractivity contribution < 1.29 is 14.7 Å². The molecule has 5 nitrogen and oxygen atoms in total. The molecule has 0 saturated carbocycles. The number of urea groups is 1. The van der Waals surface area contributed by atoms with E-state index in [1.807, 2.05) is 6.92 Å². The normalized spacial score (nSPS) is 11.8. The summed E-state index contributed by atoms with van der Waals surface area (Å²) >= 11 is 0. The first-order chi connectivity index (χ1) is 9.97. The van der Waals surface area contributed by atoms with Crippen LogP contribution in [0.25, 0.3) is 0 Å². The lowest BCUT2D eigenvalue weighted by Gasteiger charge is -2.22. The van der Waals surface area contributed by atoms with Crippen LogP contribution in [0.2, 0.25) is 0 Å². The Hall–Kier alpha value is -2.04. The molecule has 0 saturated heterocycles. The highest BCUT2D eigenvalue weighted by molar-refractivity contribution is 6.01. The minimum absolute atomic E-state index is 0.0727. The van der Waals surface area contributed by atoms with Crippen molar-refractivity contribution in [2.24, 2.45) is 0 Å². The Morgan fingerprint density at radius 3 is 2.57 bits per heavy atom. The first-order valence-corrected chi connectivity index (χ1v) is 7.34. The third kappa shape index (κ3) is 5.10. The molecule has 1 aromatic carbocycles. The molecule has 21 heavy (non-hydrogen) atoms. The van der Waals surface area contributed by atoms with Gasteiger partial charge in [0.1, 0.15) is 0 Å². The van der Waals surface area contributed by atoms with Crippen LogP contribution in [0.15, 0.2) is 24.3 Å². The third-order valence-corrected chi connectivity index (χ3v) is 3.41. The van der Waals surface area contributed by atoms with Crippen LogP contribution >= 0.6 is 0 Å². The number of rotatable bonds is 7. The lowest BCUT2D eigenvalue weighted by molar-refractivity contribution is 0.0697. The largest absolute Gasteiger partial charge is 0.478 e. The molecule has 0 bridgehead atoms. The summed E-state index contributed by atoms with van der Waals surface area (Å²) in [5.74, 6) is -1.04. The zero-order chi connectivity index (χ0) is 15.8. The molecule has 0 aliphatic heterocycles. The van der Waals surface area contributed by atoms with Crippen LogP contribution < -0.4 is 10.2 Å².